The van der Waals surface area contributed by atoms with Crippen LogP contribution in [0.2, 0.25) is 0 Å². The number of carboxylic acid groups (broad SMARTS) is 1. The molecule has 0 aromatic rings. The molecule has 2 rings (SSSR count). The number of carboxylic acids is 1. The Kier molecular flexibility index (Phi) is 4.42. The molecular formula is C13H20N2O6S. The summed E-state index contributed by atoms with van der Waals surface area (Å²) in [5, 5.41) is 27.8. The maximum absolute atomic E-state index is 12.2. The van der Waals surface area contributed by atoms with Crippen molar-refractivity contribution in [2.24, 2.45) is 5.92 Å². The fourth-order valence-corrected chi connectivity index (χ4v) is 4.69. The van der Waals surface area contributed by atoms with Crippen LogP contribution < -0.4 is 0 Å². The van der Waals surface area contributed by atoms with Crippen LogP contribution in [0.3, 0.4) is 0 Å². The maximum Gasteiger partial charge on any atom is 0.327 e. The molecule has 22 heavy (non-hydrogen) atoms. The second kappa shape index (κ2) is 5.71. The van der Waals surface area contributed by atoms with Gasteiger partial charge in [0.2, 0.25) is 5.91 Å². The molecule has 2 fully saturated rings. The van der Waals surface area contributed by atoms with Crippen LogP contribution in [0.1, 0.15) is 13.8 Å². The topological polar surface area (TPSA) is 118 Å². The van der Waals surface area contributed by atoms with Crippen molar-refractivity contribution >= 4 is 29.5 Å². The molecule has 0 spiro atoms. The van der Waals surface area contributed by atoms with Crippen molar-refractivity contribution in [2.75, 3.05) is 20.2 Å². The summed E-state index contributed by atoms with van der Waals surface area (Å²) in [5.74, 6) is -3.20. The molecule has 2 aliphatic heterocycles. The molecule has 2 aliphatic rings. The van der Waals surface area contributed by atoms with Crippen LogP contribution in [0.15, 0.2) is 0 Å². The zero-order valence-corrected chi connectivity index (χ0v) is 13.4. The Morgan fingerprint density at radius 2 is 2.05 bits per heavy atom. The van der Waals surface area contributed by atoms with Gasteiger partial charge in [-0.25, -0.2) is 4.79 Å². The van der Waals surface area contributed by atoms with E-state index in [0.717, 1.165) is 4.90 Å². The molecular weight excluding hydrogens is 312 g/mol. The minimum absolute atomic E-state index is 0.0571. The van der Waals surface area contributed by atoms with Crippen molar-refractivity contribution < 1.29 is 29.7 Å². The van der Waals surface area contributed by atoms with Crippen LogP contribution in [0.4, 0.5) is 0 Å². The van der Waals surface area contributed by atoms with E-state index in [2.05, 4.69) is 0 Å². The molecule has 0 aromatic heterocycles. The van der Waals surface area contributed by atoms with E-state index in [1.807, 2.05) is 0 Å². The molecule has 2 heterocycles. The lowest BCUT2D eigenvalue weighted by molar-refractivity contribution is -0.173. The summed E-state index contributed by atoms with van der Waals surface area (Å²) < 4.78 is -0.694. The summed E-state index contributed by atoms with van der Waals surface area (Å²) in [4.78, 5) is 38.1. The summed E-state index contributed by atoms with van der Waals surface area (Å²) >= 11 is 1.28. The largest absolute Gasteiger partial charge is 0.480 e. The first-order valence-corrected chi connectivity index (χ1v) is 7.78. The van der Waals surface area contributed by atoms with Crippen LogP contribution in [0.25, 0.3) is 0 Å². The lowest BCUT2D eigenvalue weighted by Crippen LogP contribution is -2.67. The fourth-order valence-electron chi connectivity index (χ4n) is 2.97. The highest BCUT2D eigenvalue weighted by Crippen LogP contribution is 2.54. The Labute approximate surface area is 132 Å². The number of aliphatic hydroxyl groups is 2. The first kappa shape index (κ1) is 17.0. The lowest BCUT2D eigenvalue weighted by Gasteiger charge is -2.45. The quantitative estimate of drug-likeness (QED) is 0.528. The predicted octanol–water partition coefficient (Wildman–Crippen LogP) is -1.44. The van der Waals surface area contributed by atoms with E-state index >= 15 is 0 Å². The zero-order valence-electron chi connectivity index (χ0n) is 12.6. The molecule has 0 saturated carbocycles. The van der Waals surface area contributed by atoms with Crippen molar-refractivity contribution in [1.29, 1.82) is 0 Å². The molecule has 8 nitrogen and oxygen atoms in total. The Morgan fingerprint density at radius 1 is 1.45 bits per heavy atom. The number of nitrogens with zero attached hydrogens (tertiary/aromatic N) is 2. The van der Waals surface area contributed by atoms with Crippen LogP contribution in [0, 0.1) is 5.92 Å². The fraction of sp³-hybridized carbons (Fsp3) is 0.769. The summed E-state index contributed by atoms with van der Waals surface area (Å²) in [6.45, 7) is 3.27. The lowest BCUT2D eigenvalue weighted by atomic mass is 9.87. The van der Waals surface area contributed by atoms with E-state index in [4.69, 9.17) is 5.11 Å². The van der Waals surface area contributed by atoms with Gasteiger partial charge in [0.15, 0.2) is 0 Å². The van der Waals surface area contributed by atoms with Crippen LogP contribution >= 0.6 is 11.8 Å². The van der Waals surface area contributed by atoms with Crippen molar-refractivity contribution in [3.8, 4) is 0 Å². The third kappa shape index (κ3) is 2.46. The van der Waals surface area contributed by atoms with Gasteiger partial charge >= 0.3 is 5.97 Å². The molecule has 3 N–H and O–H groups in total. The molecule has 0 unspecified atom stereocenters. The van der Waals surface area contributed by atoms with Crippen LogP contribution in [-0.4, -0.2) is 85.4 Å². The number of thioether (sulfide) groups is 1. The number of hydrogen-bond donors (Lipinski definition) is 3. The van der Waals surface area contributed by atoms with Gasteiger partial charge in [0.1, 0.15) is 18.1 Å². The van der Waals surface area contributed by atoms with E-state index in [9.17, 15) is 24.6 Å². The highest BCUT2D eigenvalue weighted by molar-refractivity contribution is 8.01. The number of aliphatic hydroxyl groups excluding tert-OH is 2. The van der Waals surface area contributed by atoms with E-state index < -0.39 is 46.0 Å². The number of carbonyl (C=O) groups excluding carboxylic acids is 2. The number of carbonyl (C=O) groups is 3. The third-order valence-electron chi connectivity index (χ3n) is 4.12. The minimum atomic E-state index is -1.53. The monoisotopic (exact) mass is 332 g/mol. The van der Waals surface area contributed by atoms with Gasteiger partial charge in [-0.1, -0.05) is 0 Å². The van der Waals surface area contributed by atoms with Gasteiger partial charge in [-0.15, -0.1) is 11.8 Å². The number of likely N-dealkylation sites (N-methyl/N-ethyl adjacent to an activating group) is 1. The zero-order chi connectivity index (χ0) is 16.8. The normalized spacial score (nSPS) is 30.5. The number of aliphatic carboxylic acids is 1. The van der Waals surface area contributed by atoms with Gasteiger partial charge in [-0.3, -0.25) is 9.59 Å². The number of hydrogen-bond acceptors (Lipinski definition) is 6. The van der Waals surface area contributed by atoms with Crippen LogP contribution in [0.5, 0.6) is 0 Å². The second-order valence-corrected chi connectivity index (χ2v) is 7.82. The molecule has 124 valence electrons. The SMILES string of the molecule is CN(CCO)C(=O)[C@@H](O)[C@@H]1C(=O)N2[C@@H]1SC(C)(C)[C@@H]2C(=O)O. The van der Waals surface area contributed by atoms with E-state index in [-0.39, 0.29) is 13.2 Å². The Bertz CT molecular complexity index is 511. The van der Waals surface area contributed by atoms with Gasteiger partial charge < -0.3 is 25.1 Å². The van der Waals surface area contributed by atoms with E-state index in [0.29, 0.717) is 0 Å². The number of fused-ring (bicyclic) bond motifs is 1. The molecule has 2 saturated heterocycles. The van der Waals surface area contributed by atoms with Crippen molar-refractivity contribution in [3.63, 3.8) is 0 Å². The number of rotatable bonds is 5. The van der Waals surface area contributed by atoms with Gasteiger partial charge in [0.25, 0.3) is 5.91 Å². The summed E-state index contributed by atoms with van der Waals surface area (Å²) in [6, 6.07) is -0.969. The average Bonchev–Trinajstić information content (AvgIpc) is 2.66. The van der Waals surface area contributed by atoms with Gasteiger partial charge in [-0.2, -0.15) is 0 Å². The molecule has 0 aliphatic carbocycles. The summed E-state index contributed by atoms with van der Waals surface area (Å²) in [7, 11) is 1.43. The smallest absolute Gasteiger partial charge is 0.327 e. The predicted molar refractivity (Wildman–Crippen MR) is 77.9 cm³/mol. The van der Waals surface area contributed by atoms with Crippen molar-refractivity contribution in [1.82, 2.24) is 9.80 Å². The molecule has 0 aromatic carbocycles. The van der Waals surface area contributed by atoms with Gasteiger partial charge in [0, 0.05) is 18.3 Å². The molecule has 4 atom stereocenters. The number of amides is 2. The molecule has 0 radical (unpaired) electrons. The van der Waals surface area contributed by atoms with Gasteiger partial charge in [-0.05, 0) is 13.8 Å². The Balaban J connectivity index is 2.16. The molecule has 0 bridgehead atoms. The average molecular weight is 332 g/mol. The maximum atomic E-state index is 12.2. The summed E-state index contributed by atoms with van der Waals surface area (Å²) in [5.41, 5.74) is 0. The second-order valence-electron chi connectivity index (χ2n) is 6.05. The molecule has 2 amide bonds. The van der Waals surface area contributed by atoms with Gasteiger partial charge in [0.05, 0.1) is 12.0 Å². The third-order valence-corrected chi connectivity index (χ3v) is 5.71. The van der Waals surface area contributed by atoms with E-state index in [1.54, 1.807) is 13.8 Å². The van der Waals surface area contributed by atoms with Crippen LogP contribution in [-0.2, 0) is 14.4 Å². The standard InChI is InChI=1S/C13H20N2O6S/c1-13(2)8(12(20)21)15-9(18)6(11(15)22-13)7(17)10(19)14(3)4-5-16/h6-8,11,16-17H,4-5H2,1-3H3,(H,20,21)/t6-,7+,8+,11-/m1/s1. The highest BCUT2D eigenvalue weighted by atomic mass is 32.2. The highest BCUT2D eigenvalue weighted by Gasteiger charge is 2.66. The minimum Gasteiger partial charge on any atom is -0.480 e. The number of β-lactam (4-membered cyclic amide) rings is 1. The Hall–Kier alpha value is -1.32. The van der Waals surface area contributed by atoms with E-state index in [1.165, 1.54) is 23.7 Å². The first-order valence-electron chi connectivity index (χ1n) is 6.90. The first-order chi connectivity index (χ1) is 10.1. The summed E-state index contributed by atoms with van der Waals surface area (Å²) in [6.07, 6.45) is -1.53. The van der Waals surface area contributed by atoms with Crippen molar-refractivity contribution in [3.05, 3.63) is 0 Å². The molecule has 9 heteroatoms. The Morgan fingerprint density at radius 3 is 2.55 bits per heavy atom. The van der Waals surface area contributed by atoms with Crippen molar-refractivity contribution in [2.45, 2.75) is 36.1 Å².